The van der Waals surface area contributed by atoms with Gasteiger partial charge in [-0.05, 0) is 48.1 Å². The Kier molecular flexibility index (Phi) is 3.81. The molecule has 0 atom stereocenters. The van der Waals surface area contributed by atoms with E-state index in [2.05, 4.69) is 46.3 Å². The van der Waals surface area contributed by atoms with Crippen LogP contribution in [0.3, 0.4) is 0 Å². The van der Waals surface area contributed by atoms with E-state index >= 15 is 0 Å². The lowest BCUT2D eigenvalue weighted by molar-refractivity contribution is 0.482. The van der Waals surface area contributed by atoms with Crippen LogP contribution < -0.4 is 5.32 Å². The third-order valence-electron chi connectivity index (χ3n) is 3.48. The van der Waals surface area contributed by atoms with Crippen molar-refractivity contribution in [1.82, 2.24) is 10.3 Å². The second kappa shape index (κ2) is 5.72. The average molecular weight is 258 g/mol. The zero-order chi connectivity index (χ0) is 12.2. The molecule has 94 valence electrons. The highest BCUT2D eigenvalue weighted by Crippen LogP contribution is 2.18. The summed E-state index contributed by atoms with van der Waals surface area (Å²) in [5.74, 6) is 2.61. The van der Waals surface area contributed by atoms with Crippen LogP contribution >= 0.6 is 11.8 Å². The minimum atomic E-state index is 0.704. The number of aromatic nitrogens is 1. The summed E-state index contributed by atoms with van der Waals surface area (Å²) in [4.78, 5) is 4.35. The summed E-state index contributed by atoms with van der Waals surface area (Å²) in [6, 6.07) is 11.4. The maximum absolute atomic E-state index is 4.35. The fraction of sp³-hybridized carbons (Fsp3) is 0.400. The van der Waals surface area contributed by atoms with Crippen LogP contribution in [0.2, 0.25) is 0 Å². The Balaban J connectivity index is 1.66. The van der Waals surface area contributed by atoms with E-state index in [0.717, 1.165) is 12.1 Å². The molecule has 18 heavy (non-hydrogen) atoms. The van der Waals surface area contributed by atoms with Gasteiger partial charge in [-0.1, -0.05) is 12.1 Å². The van der Waals surface area contributed by atoms with Gasteiger partial charge in [0.25, 0.3) is 0 Å². The number of nitrogens with zero attached hydrogens (tertiary/aromatic N) is 1. The van der Waals surface area contributed by atoms with E-state index in [1.807, 2.05) is 12.3 Å². The largest absolute Gasteiger partial charge is 0.310 e. The van der Waals surface area contributed by atoms with Crippen molar-refractivity contribution in [3.63, 3.8) is 0 Å². The average Bonchev–Trinajstić information content (AvgIpc) is 2.46. The first-order valence-electron chi connectivity index (χ1n) is 6.56. The first-order chi connectivity index (χ1) is 8.92. The first-order valence-corrected chi connectivity index (χ1v) is 7.72. The summed E-state index contributed by atoms with van der Waals surface area (Å²) in [6.45, 7) is 0.972. The van der Waals surface area contributed by atoms with Gasteiger partial charge < -0.3 is 5.32 Å². The van der Waals surface area contributed by atoms with E-state index in [1.165, 1.54) is 35.3 Å². The molecule has 0 spiro atoms. The van der Waals surface area contributed by atoms with Gasteiger partial charge in [0, 0.05) is 24.2 Å². The van der Waals surface area contributed by atoms with Crippen molar-refractivity contribution in [3.8, 4) is 0 Å². The molecule has 0 amide bonds. The van der Waals surface area contributed by atoms with Gasteiger partial charge >= 0.3 is 0 Å². The topological polar surface area (TPSA) is 24.9 Å². The molecule has 0 radical (unpaired) electrons. The van der Waals surface area contributed by atoms with E-state index in [-0.39, 0.29) is 0 Å². The van der Waals surface area contributed by atoms with Crippen LogP contribution in [-0.2, 0) is 6.54 Å². The van der Waals surface area contributed by atoms with Crippen LogP contribution in [0, 0.1) is 0 Å². The third kappa shape index (κ3) is 2.85. The molecule has 3 rings (SSSR count). The van der Waals surface area contributed by atoms with Crippen LogP contribution in [0.5, 0.6) is 0 Å². The molecule has 1 fully saturated rings. The fourth-order valence-corrected chi connectivity index (χ4v) is 3.51. The number of fused-ring (bicyclic) bond motifs is 1. The quantitative estimate of drug-likeness (QED) is 0.915. The molecule has 1 aromatic carbocycles. The Morgan fingerprint density at radius 2 is 2.11 bits per heavy atom. The number of hydrogen-bond acceptors (Lipinski definition) is 3. The molecular formula is C15H18N2S. The highest BCUT2D eigenvalue weighted by atomic mass is 32.2. The monoisotopic (exact) mass is 258 g/mol. The molecule has 1 aliphatic heterocycles. The number of hydrogen-bond donors (Lipinski definition) is 1. The van der Waals surface area contributed by atoms with Crippen molar-refractivity contribution in [2.45, 2.75) is 25.4 Å². The van der Waals surface area contributed by atoms with Gasteiger partial charge in [-0.15, -0.1) is 0 Å². The molecule has 1 aliphatic rings. The third-order valence-corrected chi connectivity index (χ3v) is 4.53. The molecule has 2 heterocycles. The SMILES string of the molecule is c1cnc2ccc(CNC3CCSCC3)cc2c1. The van der Waals surface area contributed by atoms with Gasteiger partial charge in [-0.25, -0.2) is 0 Å². The molecule has 2 nitrogen and oxygen atoms in total. The molecule has 2 aromatic rings. The molecule has 0 aliphatic carbocycles. The van der Waals surface area contributed by atoms with Crippen LogP contribution in [-0.4, -0.2) is 22.5 Å². The lowest BCUT2D eigenvalue weighted by atomic mass is 10.1. The van der Waals surface area contributed by atoms with Crippen LogP contribution in [0.4, 0.5) is 0 Å². The maximum Gasteiger partial charge on any atom is 0.0702 e. The van der Waals surface area contributed by atoms with Crippen molar-refractivity contribution in [3.05, 3.63) is 42.1 Å². The zero-order valence-electron chi connectivity index (χ0n) is 10.4. The summed E-state index contributed by atoms with van der Waals surface area (Å²) < 4.78 is 0. The Hall–Kier alpha value is -1.06. The lowest BCUT2D eigenvalue weighted by Gasteiger charge is -2.22. The molecule has 3 heteroatoms. The Morgan fingerprint density at radius 3 is 3.00 bits per heavy atom. The van der Waals surface area contributed by atoms with E-state index in [4.69, 9.17) is 0 Å². The Labute approximate surface area is 112 Å². The van der Waals surface area contributed by atoms with Crippen molar-refractivity contribution < 1.29 is 0 Å². The summed E-state index contributed by atoms with van der Waals surface area (Å²) in [5, 5.41) is 4.90. The van der Waals surface area contributed by atoms with E-state index in [9.17, 15) is 0 Å². The summed E-state index contributed by atoms with van der Waals surface area (Å²) in [7, 11) is 0. The zero-order valence-corrected chi connectivity index (χ0v) is 11.2. The molecule has 1 saturated heterocycles. The summed E-state index contributed by atoms with van der Waals surface area (Å²) >= 11 is 2.07. The van der Waals surface area contributed by atoms with Gasteiger partial charge in [0.05, 0.1) is 5.52 Å². The van der Waals surface area contributed by atoms with E-state index in [0.29, 0.717) is 6.04 Å². The molecular weight excluding hydrogens is 240 g/mol. The molecule has 0 bridgehead atoms. The smallest absolute Gasteiger partial charge is 0.0702 e. The fourth-order valence-electron chi connectivity index (χ4n) is 2.40. The minimum absolute atomic E-state index is 0.704. The first kappa shape index (κ1) is 12.0. The second-order valence-corrected chi connectivity index (χ2v) is 6.02. The van der Waals surface area contributed by atoms with Gasteiger partial charge in [0.2, 0.25) is 0 Å². The molecule has 1 N–H and O–H groups in total. The Bertz CT molecular complexity index is 521. The number of nitrogens with one attached hydrogen (secondary N) is 1. The molecule has 0 saturated carbocycles. The van der Waals surface area contributed by atoms with E-state index in [1.54, 1.807) is 0 Å². The second-order valence-electron chi connectivity index (χ2n) is 4.80. The number of thioether (sulfide) groups is 1. The Morgan fingerprint density at radius 1 is 1.22 bits per heavy atom. The van der Waals surface area contributed by atoms with Crippen LogP contribution in [0.1, 0.15) is 18.4 Å². The number of pyridine rings is 1. The maximum atomic E-state index is 4.35. The van der Waals surface area contributed by atoms with Crippen LogP contribution in [0.15, 0.2) is 36.5 Å². The van der Waals surface area contributed by atoms with Gasteiger partial charge in [-0.2, -0.15) is 11.8 Å². The number of rotatable bonds is 3. The number of benzene rings is 1. The predicted molar refractivity (Wildman–Crippen MR) is 78.9 cm³/mol. The van der Waals surface area contributed by atoms with Crippen molar-refractivity contribution >= 4 is 22.7 Å². The van der Waals surface area contributed by atoms with Crippen molar-refractivity contribution in [2.75, 3.05) is 11.5 Å². The van der Waals surface area contributed by atoms with E-state index < -0.39 is 0 Å². The van der Waals surface area contributed by atoms with Gasteiger partial charge in [0.1, 0.15) is 0 Å². The highest BCUT2D eigenvalue weighted by Gasteiger charge is 2.12. The normalized spacial score (nSPS) is 17.1. The van der Waals surface area contributed by atoms with Gasteiger partial charge in [0.15, 0.2) is 0 Å². The molecule has 0 unspecified atom stereocenters. The summed E-state index contributed by atoms with van der Waals surface area (Å²) in [6.07, 6.45) is 4.46. The molecule has 1 aromatic heterocycles. The van der Waals surface area contributed by atoms with Crippen LogP contribution in [0.25, 0.3) is 10.9 Å². The van der Waals surface area contributed by atoms with Gasteiger partial charge in [-0.3, -0.25) is 4.98 Å². The standard InChI is InChI=1S/C15H18N2S/c1-2-13-10-12(3-4-15(13)16-7-1)11-17-14-5-8-18-9-6-14/h1-4,7,10,14,17H,5-6,8-9,11H2. The highest BCUT2D eigenvalue weighted by molar-refractivity contribution is 7.99. The minimum Gasteiger partial charge on any atom is -0.310 e. The van der Waals surface area contributed by atoms with Crippen molar-refractivity contribution in [1.29, 1.82) is 0 Å². The lowest BCUT2D eigenvalue weighted by Crippen LogP contribution is -2.31. The summed E-state index contributed by atoms with van der Waals surface area (Å²) in [5.41, 5.74) is 2.43. The predicted octanol–water partition coefficient (Wildman–Crippen LogP) is 3.22. The van der Waals surface area contributed by atoms with Crippen molar-refractivity contribution in [2.24, 2.45) is 0 Å².